The number of carbonyl (C=O) groups is 2. The summed E-state index contributed by atoms with van der Waals surface area (Å²) < 4.78 is 41.3. The van der Waals surface area contributed by atoms with Crippen LogP contribution in [-0.4, -0.2) is 47.5 Å². The molecule has 0 saturated heterocycles. The molecule has 3 N–H and O–H groups in total. The van der Waals surface area contributed by atoms with Crippen LogP contribution in [0.4, 0.5) is 18.9 Å². The topological polar surface area (TPSA) is 110 Å². The molecule has 1 atom stereocenters. The van der Waals surface area contributed by atoms with Gasteiger partial charge in [0.05, 0.1) is 18.2 Å². The summed E-state index contributed by atoms with van der Waals surface area (Å²) >= 11 is 0. The van der Waals surface area contributed by atoms with Gasteiger partial charge in [-0.05, 0) is 48.2 Å². The number of guanidine groups is 1. The number of aromatic nitrogens is 1. The van der Waals surface area contributed by atoms with Crippen LogP contribution in [0.3, 0.4) is 0 Å². The molecule has 1 unspecified atom stereocenters. The average molecular weight is 447 g/mol. The molecule has 4 rings (SSSR count). The minimum absolute atomic E-state index is 0.0105. The first-order chi connectivity index (χ1) is 15.1. The summed E-state index contributed by atoms with van der Waals surface area (Å²) in [6, 6.07) is 7.90. The summed E-state index contributed by atoms with van der Waals surface area (Å²) in [6.45, 7) is -1.44. The second-order valence-electron chi connectivity index (χ2n) is 7.74. The Balaban J connectivity index is 1.51. The van der Waals surface area contributed by atoms with E-state index in [1.807, 2.05) is 6.07 Å². The minimum atomic E-state index is -4.46. The van der Waals surface area contributed by atoms with Gasteiger partial charge < -0.3 is 15.8 Å². The number of alkyl halides is 3. The molecule has 0 saturated carbocycles. The van der Waals surface area contributed by atoms with Crippen LogP contribution in [0.2, 0.25) is 0 Å². The number of hydrogen-bond donors (Lipinski definition) is 2. The Kier molecular flexibility index (Phi) is 5.27. The average Bonchev–Trinajstić information content (AvgIpc) is 3.07. The van der Waals surface area contributed by atoms with Gasteiger partial charge in [-0.3, -0.25) is 14.5 Å². The monoisotopic (exact) mass is 447 g/mol. The zero-order chi connectivity index (χ0) is 23.1. The second kappa shape index (κ2) is 7.81. The van der Waals surface area contributed by atoms with Crippen molar-refractivity contribution >= 4 is 23.5 Å². The standard InChI is InChI=1S/C21H20F3N5O3/c1-29-17(30)9-20(28-19(29)25)7-6-12-2-3-13(8-15(12)20)27-18(31)16-5-4-14(10-26-16)32-11-21(22,23)24/h2-5,8,10H,6-7,9,11H2,1H3,(H2,25,28)(H,27,31). The lowest BCUT2D eigenvalue weighted by Gasteiger charge is -2.34. The summed E-state index contributed by atoms with van der Waals surface area (Å²) in [5, 5.41) is 2.72. The van der Waals surface area contributed by atoms with Crippen LogP contribution in [0.25, 0.3) is 0 Å². The van der Waals surface area contributed by atoms with E-state index in [9.17, 15) is 22.8 Å². The normalized spacial score (nSPS) is 20.2. The van der Waals surface area contributed by atoms with Crippen LogP contribution in [0, 0.1) is 0 Å². The van der Waals surface area contributed by atoms with Crippen molar-refractivity contribution in [3.05, 3.63) is 53.3 Å². The van der Waals surface area contributed by atoms with Gasteiger partial charge in [0.1, 0.15) is 11.4 Å². The lowest BCUT2D eigenvalue weighted by molar-refractivity contribution is -0.153. The lowest BCUT2D eigenvalue weighted by Crippen LogP contribution is -2.47. The van der Waals surface area contributed by atoms with E-state index in [0.29, 0.717) is 12.1 Å². The quantitative estimate of drug-likeness (QED) is 0.749. The number of rotatable bonds is 4. The zero-order valence-electron chi connectivity index (χ0n) is 17.1. The number of halogens is 3. The largest absolute Gasteiger partial charge is 0.483 e. The van der Waals surface area contributed by atoms with E-state index in [0.717, 1.165) is 23.7 Å². The highest BCUT2D eigenvalue weighted by Crippen LogP contribution is 2.45. The van der Waals surface area contributed by atoms with Crippen LogP contribution < -0.4 is 15.8 Å². The molecule has 0 radical (unpaired) electrons. The van der Waals surface area contributed by atoms with E-state index in [2.05, 4.69) is 20.0 Å². The number of nitrogens with two attached hydrogens (primary N) is 1. The Morgan fingerprint density at radius 2 is 2.09 bits per heavy atom. The summed E-state index contributed by atoms with van der Waals surface area (Å²) in [5.41, 5.74) is 7.54. The van der Waals surface area contributed by atoms with Crippen LogP contribution in [0.15, 0.2) is 41.5 Å². The summed E-state index contributed by atoms with van der Waals surface area (Å²) in [5.74, 6) is -0.611. The molecule has 168 valence electrons. The van der Waals surface area contributed by atoms with E-state index in [4.69, 9.17) is 5.73 Å². The first-order valence-corrected chi connectivity index (χ1v) is 9.79. The van der Waals surface area contributed by atoms with Crippen molar-refractivity contribution in [1.29, 1.82) is 0 Å². The predicted molar refractivity (Wildman–Crippen MR) is 109 cm³/mol. The van der Waals surface area contributed by atoms with Gasteiger partial charge in [0.25, 0.3) is 5.91 Å². The Hall–Kier alpha value is -3.63. The summed E-state index contributed by atoms with van der Waals surface area (Å²) in [7, 11) is 1.58. The molecular formula is C21H20F3N5O3. The highest BCUT2D eigenvalue weighted by atomic mass is 19.4. The number of hydrogen-bond acceptors (Lipinski definition) is 6. The second-order valence-corrected chi connectivity index (χ2v) is 7.74. The van der Waals surface area contributed by atoms with Crippen molar-refractivity contribution in [2.75, 3.05) is 19.0 Å². The summed E-state index contributed by atoms with van der Waals surface area (Å²) in [6.07, 6.45) is -1.84. The van der Waals surface area contributed by atoms with Crippen molar-refractivity contribution in [3.63, 3.8) is 0 Å². The van der Waals surface area contributed by atoms with E-state index >= 15 is 0 Å². The van der Waals surface area contributed by atoms with E-state index in [-0.39, 0.29) is 29.7 Å². The number of fused-ring (bicyclic) bond motifs is 2. The van der Waals surface area contributed by atoms with Gasteiger partial charge in [0.2, 0.25) is 5.91 Å². The molecule has 0 bridgehead atoms. The first kappa shape index (κ1) is 21.6. The number of nitrogens with one attached hydrogen (secondary N) is 1. The molecule has 2 heterocycles. The summed E-state index contributed by atoms with van der Waals surface area (Å²) in [4.78, 5) is 34.7. The Bertz CT molecular complexity index is 1100. The lowest BCUT2D eigenvalue weighted by atomic mass is 9.87. The number of aryl methyl sites for hydroxylation is 1. The first-order valence-electron chi connectivity index (χ1n) is 9.79. The zero-order valence-corrected chi connectivity index (χ0v) is 17.1. The van der Waals surface area contributed by atoms with Crippen molar-refractivity contribution in [2.45, 2.75) is 31.0 Å². The maximum Gasteiger partial charge on any atom is 0.422 e. The van der Waals surface area contributed by atoms with Gasteiger partial charge in [-0.25, -0.2) is 9.98 Å². The van der Waals surface area contributed by atoms with Gasteiger partial charge in [0, 0.05) is 12.7 Å². The number of anilines is 1. The molecule has 2 aliphatic rings. The predicted octanol–water partition coefficient (Wildman–Crippen LogP) is 2.59. The molecular weight excluding hydrogens is 427 g/mol. The SMILES string of the molecule is CN1C(=O)CC2(CCc3ccc(NC(=O)c4ccc(OCC(F)(F)F)cn4)cc32)N=C1N. The number of aliphatic imine (C=N–C) groups is 1. The third-order valence-electron chi connectivity index (χ3n) is 5.54. The molecule has 8 nitrogen and oxygen atoms in total. The number of amides is 2. The number of ether oxygens (including phenoxy) is 1. The van der Waals surface area contributed by atoms with Crippen LogP contribution in [0.1, 0.15) is 34.5 Å². The Morgan fingerprint density at radius 3 is 2.75 bits per heavy atom. The number of carbonyl (C=O) groups excluding carboxylic acids is 2. The third kappa shape index (κ3) is 4.23. The maximum absolute atomic E-state index is 12.6. The number of benzene rings is 1. The van der Waals surface area contributed by atoms with Crippen molar-refractivity contribution in [2.24, 2.45) is 10.7 Å². The van der Waals surface area contributed by atoms with Gasteiger partial charge in [-0.1, -0.05) is 6.07 Å². The van der Waals surface area contributed by atoms with Crippen LogP contribution in [0.5, 0.6) is 5.75 Å². The van der Waals surface area contributed by atoms with E-state index in [1.54, 1.807) is 19.2 Å². The molecule has 2 amide bonds. The molecule has 0 fully saturated rings. The highest BCUT2D eigenvalue weighted by Gasteiger charge is 2.44. The minimum Gasteiger partial charge on any atom is -0.483 e. The van der Waals surface area contributed by atoms with E-state index in [1.165, 1.54) is 17.0 Å². The maximum atomic E-state index is 12.6. The van der Waals surface area contributed by atoms with E-state index < -0.39 is 24.2 Å². The number of pyridine rings is 1. The molecule has 11 heteroatoms. The van der Waals surface area contributed by atoms with Crippen molar-refractivity contribution < 1.29 is 27.5 Å². The fourth-order valence-electron chi connectivity index (χ4n) is 3.87. The van der Waals surface area contributed by atoms with Crippen LogP contribution in [-0.2, 0) is 16.8 Å². The molecule has 1 aromatic carbocycles. The Morgan fingerprint density at radius 1 is 1.31 bits per heavy atom. The van der Waals surface area contributed by atoms with Crippen LogP contribution >= 0.6 is 0 Å². The molecule has 1 aliphatic heterocycles. The highest BCUT2D eigenvalue weighted by molar-refractivity contribution is 6.03. The fourth-order valence-corrected chi connectivity index (χ4v) is 3.87. The van der Waals surface area contributed by atoms with Gasteiger partial charge in [-0.15, -0.1) is 0 Å². The molecule has 1 aliphatic carbocycles. The smallest absolute Gasteiger partial charge is 0.422 e. The van der Waals surface area contributed by atoms with Gasteiger partial charge in [0.15, 0.2) is 12.6 Å². The molecule has 32 heavy (non-hydrogen) atoms. The van der Waals surface area contributed by atoms with Crippen molar-refractivity contribution in [3.8, 4) is 5.75 Å². The third-order valence-corrected chi connectivity index (χ3v) is 5.54. The fraction of sp³-hybridized carbons (Fsp3) is 0.333. The Labute approximate surface area is 181 Å². The van der Waals surface area contributed by atoms with Gasteiger partial charge >= 0.3 is 6.18 Å². The van der Waals surface area contributed by atoms with Crippen molar-refractivity contribution in [1.82, 2.24) is 9.88 Å². The van der Waals surface area contributed by atoms with Gasteiger partial charge in [-0.2, -0.15) is 13.2 Å². The molecule has 1 spiro atoms. The molecule has 1 aromatic heterocycles. The number of nitrogens with zero attached hydrogens (tertiary/aromatic N) is 3. The molecule has 2 aromatic rings.